The van der Waals surface area contributed by atoms with Crippen LogP contribution in [0.4, 0.5) is 15.3 Å². The molecule has 10 nitrogen and oxygen atoms in total. The molecule has 0 aliphatic carbocycles. The number of fused-ring (bicyclic) bond motifs is 1. The van der Waals surface area contributed by atoms with Gasteiger partial charge in [0, 0.05) is 37.8 Å². The number of nitrogens with zero attached hydrogens (tertiary/aromatic N) is 2. The van der Waals surface area contributed by atoms with Gasteiger partial charge < -0.3 is 34.8 Å². The molecule has 198 valence electrons. The fraction of sp³-hybridized carbons (Fsp3) is 0.444. The van der Waals surface area contributed by atoms with Crippen molar-refractivity contribution in [2.75, 3.05) is 32.1 Å². The smallest absolute Gasteiger partial charge is 0.410 e. The number of methoxy groups -OCH3 is 1. The van der Waals surface area contributed by atoms with E-state index < -0.39 is 18.2 Å². The third kappa shape index (κ3) is 5.90. The Morgan fingerprint density at radius 2 is 1.78 bits per heavy atom. The van der Waals surface area contributed by atoms with Gasteiger partial charge in [-0.1, -0.05) is 12.1 Å². The predicted molar refractivity (Wildman–Crippen MR) is 136 cm³/mol. The van der Waals surface area contributed by atoms with E-state index in [9.17, 15) is 24.6 Å². The van der Waals surface area contributed by atoms with Crippen LogP contribution in [0.3, 0.4) is 0 Å². The van der Waals surface area contributed by atoms with Crippen LogP contribution >= 0.6 is 0 Å². The SMILES string of the molecule is COc1ccc2c(c1)CCN(C1CCN(C(=O)OC(Cc3cc(C)c(O)c(C)c3)C(=O)O)CC1)C(=O)N2. The Kier molecular flexibility index (Phi) is 7.75. The van der Waals surface area contributed by atoms with Gasteiger partial charge in [-0.05, 0) is 73.6 Å². The maximum absolute atomic E-state index is 12.9. The zero-order valence-corrected chi connectivity index (χ0v) is 21.3. The average Bonchev–Trinajstić information content (AvgIpc) is 3.04. The number of phenolic OH excluding ortho intramolecular Hbond substituents is 1. The number of anilines is 1. The summed E-state index contributed by atoms with van der Waals surface area (Å²) in [6.45, 7) is 4.74. The summed E-state index contributed by atoms with van der Waals surface area (Å²) >= 11 is 0. The molecular weight excluding hydrogens is 478 g/mol. The second kappa shape index (κ2) is 11.0. The summed E-state index contributed by atoms with van der Waals surface area (Å²) in [5, 5.41) is 22.6. The molecule has 0 bridgehead atoms. The number of phenols is 1. The molecule has 1 fully saturated rings. The second-order valence-electron chi connectivity index (χ2n) is 9.61. The summed E-state index contributed by atoms with van der Waals surface area (Å²) in [4.78, 5) is 40.8. The Morgan fingerprint density at radius 1 is 1.11 bits per heavy atom. The lowest BCUT2D eigenvalue weighted by Gasteiger charge is -2.37. The van der Waals surface area contributed by atoms with Gasteiger partial charge in [-0.2, -0.15) is 0 Å². The number of aromatic hydroxyl groups is 1. The molecule has 0 saturated carbocycles. The quantitative estimate of drug-likeness (QED) is 0.539. The van der Waals surface area contributed by atoms with Crippen LogP contribution in [0.1, 0.15) is 35.1 Å². The number of carbonyl (C=O) groups is 3. The number of benzene rings is 2. The average molecular weight is 512 g/mol. The third-order valence-electron chi connectivity index (χ3n) is 7.09. The fourth-order valence-corrected chi connectivity index (χ4v) is 5.02. The third-order valence-corrected chi connectivity index (χ3v) is 7.09. The monoisotopic (exact) mass is 511 g/mol. The van der Waals surface area contributed by atoms with E-state index in [-0.39, 0.29) is 24.2 Å². The summed E-state index contributed by atoms with van der Waals surface area (Å²) in [5.41, 5.74) is 3.71. The molecule has 3 N–H and O–H groups in total. The van der Waals surface area contributed by atoms with Crippen LogP contribution in [0.5, 0.6) is 11.5 Å². The maximum atomic E-state index is 12.9. The Hall–Kier alpha value is -3.95. The number of rotatable bonds is 6. The number of nitrogens with one attached hydrogen (secondary N) is 1. The molecule has 0 spiro atoms. The molecule has 10 heteroatoms. The molecule has 0 radical (unpaired) electrons. The molecule has 2 heterocycles. The summed E-state index contributed by atoms with van der Waals surface area (Å²) in [6, 6.07) is 8.75. The number of urea groups is 1. The number of aryl methyl sites for hydroxylation is 2. The van der Waals surface area contributed by atoms with Gasteiger partial charge in [0.1, 0.15) is 11.5 Å². The zero-order chi connectivity index (χ0) is 26.7. The minimum atomic E-state index is -1.35. The van der Waals surface area contributed by atoms with Crippen LogP contribution in [0.25, 0.3) is 0 Å². The molecular formula is C27H33N3O7. The molecule has 3 amide bonds. The summed E-state index contributed by atoms with van der Waals surface area (Å²) in [5.74, 6) is -0.329. The molecule has 37 heavy (non-hydrogen) atoms. The number of carbonyl (C=O) groups excluding carboxylic acids is 2. The fourth-order valence-electron chi connectivity index (χ4n) is 5.02. The lowest BCUT2D eigenvalue weighted by atomic mass is 10.0. The predicted octanol–water partition coefficient (Wildman–Crippen LogP) is 3.70. The van der Waals surface area contributed by atoms with Gasteiger partial charge in [-0.15, -0.1) is 0 Å². The first-order chi connectivity index (χ1) is 17.7. The van der Waals surface area contributed by atoms with Crippen molar-refractivity contribution < 1.29 is 34.1 Å². The topological polar surface area (TPSA) is 129 Å². The van der Waals surface area contributed by atoms with Crippen molar-refractivity contribution in [2.24, 2.45) is 0 Å². The lowest BCUT2D eigenvalue weighted by Crippen LogP contribution is -2.50. The molecule has 2 aliphatic rings. The van der Waals surface area contributed by atoms with Gasteiger partial charge in [0.25, 0.3) is 0 Å². The minimum absolute atomic E-state index is 0.00120. The van der Waals surface area contributed by atoms with Crippen molar-refractivity contribution >= 4 is 23.8 Å². The highest BCUT2D eigenvalue weighted by Crippen LogP contribution is 2.28. The summed E-state index contributed by atoms with van der Waals surface area (Å²) in [7, 11) is 1.61. The number of likely N-dealkylation sites (tertiary alicyclic amines) is 1. The van der Waals surface area contributed by atoms with E-state index in [2.05, 4.69) is 5.32 Å². The highest BCUT2D eigenvalue weighted by molar-refractivity contribution is 5.91. The van der Waals surface area contributed by atoms with Crippen molar-refractivity contribution in [1.82, 2.24) is 9.80 Å². The van der Waals surface area contributed by atoms with Gasteiger partial charge in [0.05, 0.1) is 7.11 Å². The van der Waals surface area contributed by atoms with E-state index in [0.717, 1.165) is 17.0 Å². The minimum Gasteiger partial charge on any atom is -0.507 e. The van der Waals surface area contributed by atoms with E-state index in [4.69, 9.17) is 9.47 Å². The van der Waals surface area contributed by atoms with Crippen LogP contribution in [0.2, 0.25) is 0 Å². The first-order valence-electron chi connectivity index (χ1n) is 12.4. The van der Waals surface area contributed by atoms with Crippen LogP contribution < -0.4 is 10.1 Å². The zero-order valence-electron chi connectivity index (χ0n) is 21.3. The number of carboxylic acids is 1. The number of hydrogen-bond acceptors (Lipinski definition) is 6. The van der Waals surface area contributed by atoms with Gasteiger partial charge in [0.15, 0.2) is 0 Å². The number of amides is 3. The standard InChI is InChI=1S/C27H33N3O7/c1-16-12-18(13-17(2)24(16)31)14-23(25(32)33)37-27(35)29-9-7-20(8-10-29)30-11-6-19-15-21(36-3)4-5-22(19)28-26(30)34/h4-5,12-13,15,20,23,31H,6-11,14H2,1-3H3,(H,28,34)(H,32,33). The Labute approximate surface area is 215 Å². The van der Waals surface area contributed by atoms with Crippen molar-refractivity contribution in [3.8, 4) is 11.5 Å². The van der Waals surface area contributed by atoms with Crippen molar-refractivity contribution in [2.45, 2.75) is 51.7 Å². The lowest BCUT2D eigenvalue weighted by molar-refractivity contribution is -0.147. The summed E-state index contributed by atoms with van der Waals surface area (Å²) in [6.07, 6.45) is -0.214. The number of carboxylic acid groups (broad SMARTS) is 1. The molecule has 1 saturated heterocycles. The van der Waals surface area contributed by atoms with Gasteiger partial charge in [-0.25, -0.2) is 14.4 Å². The Balaban J connectivity index is 1.34. The van der Waals surface area contributed by atoms with Gasteiger partial charge in [-0.3, -0.25) is 0 Å². The molecule has 2 aromatic rings. The molecule has 1 atom stereocenters. The first-order valence-corrected chi connectivity index (χ1v) is 12.4. The Bertz CT molecular complexity index is 1170. The van der Waals surface area contributed by atoms with E-state index in [1.165, 1.54) is 4.90 Å². The number of piperidine rings is 1. The van der Waals surface area contributed by atoms with Crippen molar-refractivity contribution in [1.29, 1.82) is 0 Å². The van der Waals surface area contributed by atoms with Crippen LogP contribution in [-0.2, 0) is 22.4 Å². The van der Waals surface area contributed by atoms with Gasteiger partial charge >= 0.3 is 18.1 Å². The van der Waals surface area contributed by atoms with Gasteiger partial charge in [0.2, 0.25) is 6.10 Å². The van der Waals surface area contributed by atoms with E-state index >= 15 is 0 Å². The first kappa shape index (κ1) is 26.1. The highest BCUT2D eigenvalue weighted by Gasteiger charge is 2.33. The van der Waals surface area contributed by atoms with E-state index in [1.807, 2.05) is 23.1 Å². The number of ether oxygens (including phenoxy) is 2. The highest BCUT2D eigenvalue weighted by atomic mass is 16.6. The normalized spacial score (nSPS) is 16.9. The van der Waals surface area contributed by atoms with Crippen molar-refractivity contribution in [3.63, 3.8) is 0 Å². The number of aliphatic carboxylic acids is 1. The molecule has 1 unspecified atom stereocenters. The number of hydrogen-bond donors (Lipinski definition) is 3. The van der Waals surface area contributed by atoms with Crippen LogP contribution in [-0.4, -0.2) is 77.0 Å². The van der Waals surface area contributed by atoms with Crippen LogP contribution in [0, 0.1) is 13.8 Å². The second-order valence-corrected chi connectivity index (χ2v) is 9.61. The molecule has 2 aliphatic heterocycles. The van der Waals surface area contributed by atoms with Crippen molar-refractivity contribution in [3.05, 3.63) is 52.6 Å². The largest absolute Gasteiger partial charge is 0.507 e. The Morgan fingerprint density at radius 3 is 2.41 bits per heavy atom. The van der Waals surface area contributed by atoms with Crippen LogP contribution in [0.15, 0.2) is 30.3 Å². The summed E-state index contributed by atoms with van der Waals surface area (Å²) < 4.78 is 10.7. The molecule has 0 aromatic heterocycles. The molecule has 2 aromatic carbocycles. The maximum Gasteiger partial charge on any atom is 0.410 e. The van der Waals surface area contributed by atoms with E-state index in [0.29, 0.717) is 55.6 Å². The molecule has 4 rings (SSSR count). The van der Waals surface area contributed by atoms with E-state index in [1.54, 1.807) is 33.1 Å².